The smallest absolute Gasteiger partial charge is 0.119 e. The van der Waals surface area contributed by atoms with Crippen molar-refractivity contribution in [2.45, 2.75) is 65.0 Å². The molecule has 18 heavy (non-hydrogen) atoms. The van der Waals surface area contributed by atoms with Gasteiger partial charge >= 0.3 is 0 Å². The first-order valence-electron chi connectivity index (χ1n) is 7.10. The SMILES string of the molecule is CCCC(N)C(CC)Oc1ccc(C(C)C)cc1. The summed E-state index contributed by atoms with van der Waals surface area (Å²) in [5.41, 5.74) is 7.48. The van der Waals surface area contributed by atoms with Crippen LogP contribution in [0.5, 0.6) is 5.75 Å². The molecule has 2 nitrogen and oxygen atoms in total. The Bertz CT molecular complexity index is 331. The van der Waals surface area contributed by atoms with Gasteiger partial charge in [0.05, 0.1) is 0 Å². The van der Waals surface area contributed by atoms with E-state index in [-0.39, 0.29) is 12.1 Å². The Balaban J connectivity index is 2.64. The molecular weight excluding hydrogens is 222 g/mol. The minimum absolute atomic E-state index is 0.120. The van der Waals surface area contributed by atoms with Crippen molar-refractivity contribution in [3.05, 3.63) is 29.8 Å². The van der Waals surface area contributed by atoms with Gasteiger partial charge in [0.15, 0.2) is 0 Å². The molecule has 1 aromatic carbocycles. The van der Waals surface area contributed by atoms with Gasteiger partial charge in [-0.1, -0.05) is 46.2 Å². The molecule has 0 saturated carbocycles. The topological polar surface area (TPSA) is 35.2 Å². The lowest BCUT2D eigenvalue weighted by molar-refractivity contribution is 0.161. The first-order valence-corrected chi connectivity index (χ1v) is 7.10. The van der Waals surface area contributed by atoms with Crippen LogP contribution >= 0.6 is 0 Å². The monoisotopic (exact) mass is 249 g/mol. The van der Waals surface area contributed by atoms with E-state index in [1.54, 1.807) is 0 Å². The predicted molar refractivity (Wildman–Crippen MR) is 78.1 cm³/mol. The molecule has 0 aliphatic rings. The van der Waals surface area contributed by atoms with E-state index in [4.69, 9.17) is 10.5 Å². The summed E-state index contributed by atoms with van der Waals surface area (Å²) in [5.74, 6) is 1.49. The molecule has 1 rings (SSSR count). The molecule has 0 aliphatic heterocycles. The molecule has 2 atom stereocenters. The molecule has 2 heteroatoms. The van der Waals surface area contributed by atoms with E-state index in [1.165, 1.54) is 5.56 Å². The van der Waals surface area contributed by atoms with E-state index in [9.17, 15) is 0 Å². The summed E-state index contributed by atoms with van der Waals surface area (Å²) in [5, 5.41) is 0. The van der Waals surface area contributed by atoms with Gasteiger partial charge < -0.3 is 10.5 Å². The highest BCUT2D eigenvalue weighted by Gasteiger charge is 2.16. The highest BCUT2D eigenvalue weighted by Crippen LogP contribution is 2.21. The maximum absolute atomic E-state index is 6.14. The molecule has 0 amide bonds. The average molecular weight is 249 g/mol. The zero-order valence-corrected chi connectivity index (χ0v) is 12.1. The number of benzene rings is 1. The van der Waals surface area contributed by atoms with Crippen LogP contribution in [-0.4, -0.2) is 12.1 Å². The number of hydrogen-bond donors (Lipinski definition) is 1. The summed E-state index contributed by atoms with van der Waals surface area (Å²) in [6.07, 6.45) is 3.19. The predicted octanol–water partition coefficient (Wildman–Crippen LogP) is 4.09. The fourth-order valence-electron chi connectivity index (χ4n) is 2.10. The van der Waals surface area contributed by atoms with Crippen molar-refractivity contribution < 1.29 is 4.74 Å². The molecule has 0 aliphatic carbocycles. The van der Waals surface area contributed by atoms with Crippen LogP contribution in [0.2, 0.25) is 0 Å². The number of ether oxygens (including phenoxy) is 1. The van der Waals surface area contributed by atoms with E-state index >= 15 is 0 Å². The minimum Gasteiger partial charge on any atom is -0.489 e. The van der Waals surface area contributed by atoms with Gasteiger partial charge in [0.1, 0.15) is 11.9 Å². The van der Waals surface area contributed by atoms with E-state index < -0.39 is 0 Å². The summed E-state index contributed by atoms with van der Waals surface area (Å²) >= 11 is 0. The highest BCUT2D eigenvalue weighted by atomic mass is 16.5. The summed E-state index contributed by atoms with van der Waals surface area (Å²) in [6, 6.07) is 8.51. The summed E-state index contributed by atoms with van der Waals surface area (Å²) in [4.78, 5) is 0. The van der Waals surface area contributed by atoms with Crippen molar-refractivity contribution in [2.75, 3.05) is 0 Å². The normalized spacial score (nSPS) is 14.6. The van der Waals surface area contributed by atoms with Gasteiger partial charge in [0, 0.05) is 6.04 Å². The average Bonchev–Trinajstić information content (AvgIpc) is 2.36. The number of rotatable bonds is 7. The zero-order chi connectivity index (χ0) is 13.5. The van der Waals surface area contributed by atoms with Crippen LogP contribution in [0, 0.1) is 0 Å². The van der Waals surface area contributed by atoms with E-state index in [2.05, 4.69) is 52.0 Å². The second-order valence-corrected chi connectivity index (χ2v) is 5.24. The maximum atomic E-state index is 6.14. The van der Waals surface area contributed by atoms with Gasteiger partial charge in [0.2, 0.25) is 0 Å². The molecule has 0 saturated heterocycles. The second-order valence-electron chi connectivity index (χ2n) is 5.24. The van der Waals surface area contributed by atoms with Gasteiger partial charge in [-0.25, -0.2) is 0 Å². The lowest BCUT2D eigenvalue weighted by Gasteiger charge is -2.24. The third kappa shape index (κ3) is 4.34. The van der Waals surface area contributed by atoms with Gasteiger partial charge in [-0.2, -0.15) is 0 Å². The van der Waals surface area contributed by atoms with E-state index in [0.29, 0.717) is 5.92 Å². The van der Waals surface area contributed by atoms with Crippen LogP contribution in [0.25, 0.3) is 0 Å². The Morgan fingerprint density at radius 2 is 1.72 bits per heavy atom. The summed E-state index contributed by atoms with van der Waals surface area (Å²) in [6.45, 7) is 8.68. The largest absolute Gasteiger partial charge is 0.489 e. The van der Waals surface area contributed by atoms with E-state index in [0.717, 1.165) is 25.0 Å². The number of hydrogen-bond acceptors (Lipinski definition) is 2. The highest BCUT2D eigenvalue weighted by molar-refractivity contribution is 5.29. The van der Waals surface area contributed by atoms with Crippen molar-refractivity contribution >= 4 is 0 Å². The molecule has 2 N–H and O–H groups in total. The Hall–Kier alpha value is -1.02. The molecule has 2 unspecified atom stereocenters. The van der Waals surface area contributed by atoms with Gasteiger partial charge in [-0.05, 0) is 36.5 Å². The van der Waals surface area contributed by atoms with Gasteiger partial charge in [-0.3, -0.25) is 0 Å². The third-order valence-electron chi connectivity index (χ3n) is 3.34. The van der Waals surface area contributed by atoms with Crippen LogP contribution in [0.15, 0.2) is 24.3 Å². The van der Waals surface area contributed by atoms with Gasteiger partial charge in [-0.15, -0.1) is 0 Å². The van der Waals surface area contributed by atoms with Crippen LogP contribution < -0.4 is 10.5 Å². The molecular formula is C16H27NO. The first kappa shape index (κ1) is 15.0. The Labute approximate surface area is 112 Å². The van der Waals surface area contributed by atoms with Crippen LogP contribution in [0.4, 0.5) is 0 Å². The summed E-state index contributed by atoms with van der Waals surface area (Å²) < 4.78 is 5.99. The van der Waals surface area contributed by atoms with Crippen molar-refractivity contribution in [1.82, 2.24) is 0 Å². The summed E-state index contributed by atoms with van der Waals surface area (Å²) in [7, 11) is 0. The quantitative estimate of drug-likeness (QED) is 0.789. The molecule has 0 radical (unpaired) electrons. The molecule has 0 bridgehead atoms. The fraction of sp³-hybridized carbons (Fsp3) is 0.625. The maximum Gasteiger partial charge on any atom is 0.119 e. The fourth-order valence-corrected chi connectivity index (χ4v) is 2.10. The van der Waals surface area contributed by atoms with Crippen molar-refractivity contribution in [1.29, 1.82) is 0 Å². The standard InChI is InChI=1S/C16H27NO/c1-5-7-15(17)16(6-2)18-14-10-8-13(9-11-14)12(3)4/h8-12,15-16H,5-7,17H2,1-4H3. The van der Waals surface area contributed by atoms with Crippen molar-refractivity contribution in [3.63, 3.8) is 0 Å². The Morgan fingerprint density at radius 1 is 1.11 bits per heavy atom. The third-order valence-corrected chi connectivity index (χ3v) is 3.34. The molecule has 0 fully saturated rings. The Morgan fingerprint density at radius 3 is 2.17 bits per heavy atom. The molecule has 0 aromatic heterocycles. The molecule has 0 heterocycles. The van der Waals surface area contributed by atoms with Gasteiger partial charge in [0.25, 0.3) is 0 Å². The van der Waals surface area contributed by atoms with E-state index in [1.807, 2.05) is 0 Å². The van der Waals surface area contributed by atoms with Crippen molar-refractivity contribution in [3.8, 4) is 5.75 Å². The van der Waals surface area contributed by atoms with Crippen LogP contribution in [0.1, 0.15) is 58.4 Å². The minimum atomic E-state index is 0.120. The molecule has 0 spiro atoms. The van der Waals surface area contributed by atoms with Crippen LogP contribution in [0.3, 0.4) is 0 Å². The first-order chi connectivity index (χ1) is 8.58. The molecule has 102 valence electrons. The zero-order valence-electron chi connectivity index (χ0n) is 12.1. The lowest BCUT2D eigenvalue weighted by atomic mass is 10.0. The Kier molecular flexibility index (Phi) is 6.20. The van der Waals surface area contributed by atoms with Crippen molar-refractivity contribution in [2.24, 2.45) is 5.73 Å². The second kappa shape index (κ2) is 7.42. The number of nitrogens with two attached hydrogens (primary N) is 1. The lowest BCUT2D eigenvalue weighted by Crippen LogP contribution is -2.38. The molecule has 1 aromatic rings. The van der Waals surface area contributed by atoms with Crippen LogP contribution in [-0.2, 0) is 0 Å².